The van der Waals surface area contributed by atoms with Crippen molar-refractivity contribution in [3.8, 4) is 11.8 Å². The molecule has 0 aliphatic rings. The third-order valence-electron chi connectivity index (χ3n) is 4.85. The Labute approximate surface area is 204 Å². The van der Waals surface area contributed by atoms with Gasteiger partial charge in [0.15, 0.2) is 0 Å². The second-order valence-electron chi connectivity index (χ2n) is 7.15. The van der Waals surface area contributed by atoms with E-state index >= 15 is 0 Å². The van der Waals surface area contributed by atoms with Gasteiger partial charge in [0, 0.05) is 27.7 Å². The van der Waals surface area contributed by atoms with Crippen LogP contribution in [0.15, 0.2) is 66.2 Å². The van der Waals surface area contributed by atoms with E-state index in [-0.39, 0.29) is 11.3 Å². The number of benzene rings is 3. The molecule has 0 aliphatic heterocycles. The Morgan fingerprint density at radius 3 is 2.47 bits per heavy atom. The maximum atomic E-state index is 12.9. The van der Waals surface area contributed by atoms with E-state index in [9.17, 15) is 23.2 Å². The summed E-state index contributed by atoms with van der Waals surface area (Å²) in [5.74, 6) is -0.439. The molecule has 0 heterocycles. The highest BCUT2D eigenvalue weighted by Gasteiger charge is 2.30. The Balaban J connectivity index is 1.88. The summed E-state index contributed by atoms with van der Waals surface area (Å²) < 4.78 is 44.2. The Kier molecular flexibility index (Phi) is 7.87. The van der Waals surface area contributed by atoms with Gasteiger partial charge in [0.05, 0.1) is 12.7 Å². The first-order valence-electron chi connectivity index (χ1n) is 9.82. The van der Waals surface area contributed by atoms with Gasteiger partial charge in [0.25, 0.3) is 5.91 Å². The SMILES string of the molecule is COc1cc(/C=C(\C#N)C(=O)Nc2cccc(C(F)(F)F)c2)cc(Cl)c1Cc1ccccc1Cl. The second-order valence-corrected chi connectivity index (χ2v) is 7.97. The highest BCUT2D eigenvalue weighted by atomic mass is 35.5. The quantitative estimate of drug-likeness (QED) is 0.286. The summed E-state index contributed by atoms with van der Waals surface area (Å²) in [5.41, 5.74) is 0.576. The van der Waals surface area contributed by atoms with Crippen molar-refractivity contribution in [1.29, 1.82) is 5.26 Å². The number of nitrogens with one attached hydrogen (secondary N) is 1. The largest absolute Gasteiger partial charge is 0.496 e. The lowest BCUT2D eigenvalue weighted by Crippen LogP contribution is -2.14. The third kappa shape index (κ3) is 6.10. The zero-order valence-electron chi connectivity index (χ0n) is 17.7. The number of carbonyl (C=O) groups excluding carboxylic acids is 1. The number of alkyl halides is 3. The van der Waals surface area contributed by atoms with Crippen LogP contribution >= 0.6 is 23.2 Å². The lowest BCUT2D eigenvalue weighted by atomic mass is 10.0. The molecule has 0 spiro atoms. The number of hydrogen-bond donors (Lipinski definition) is 1. The van der Waals surface area contributed by atoms with Gasteiger partial charge in [-0.2, -0.15) is 18.4 Å². The van der Waals surface area contributed by atoms with Crippen LogP contribution in [0.4, 0.5) is 18.9 Å². The van der Waals surface area contributed by atoms with Crippen LogP contribution in [0.3, 0.4) is 0 Å². The molecule has 174 valence electrons. The maximum Gasteiger partial charge on any atom is 0.416 e. The van der Waals surface area contributed by atoms with Crippen molar-refractivity contribution in [2.24, 2.45) is 0 Å². The van der Waals surface area contributed by atoms with Gasteiger partial charge >= 0.3 is 6.18 Å². The fourth-order valence-electron chi connectivity index (χ4n) is 3.19. The maximum absolute atomic E-state index is 12.9. The Hall–Kier alpha value is -3.47. The highest BCUT2D eigenvalue weighted by molar-refractivity contribution is 6.32. The summed E-state index contributed by atoms with van der Waals surface area (Å²) in [6, 6.07) is 16.3. The molecule has 0 saturated heterocycles. The molecule has 9 heteroatoms. The molecule has 0 atom stereocenters. The van der Waals surface area contributed by atoms with Crippen molar-refractivity contribution in [3.63, 3.8) is 0 Å². The van der Waals surface area contributed by atoms with Crippen molar-refractivity contribution >= 4 is 40.9 Å². The molecule has 34 heavy (non-hydrogen) atoms. The molecular formula is C25H17Cl2F3N2O2. The summed E-state index contributed by atoms with van der Waals surface area (Å²) >= 11 is 12.7. The van der Waals surface area contributed by atoms with Crippen LogP contribution in [0.2, 0.25) is 10.0 Å². The number of nitrogens with zero attached hydrogens (tertiary/aromatic N) is 1. The van der Waals surface area contributed by atoms with E-state index in [1.807, 2.05) is 18.2 Å². The Bertz CT molecular complexity index is 1300. The molecule has 4 nitrogen and oxygen atoms in total. The molecule has 0 fully saturated rings. The zero-order chi connectivity index (χ0) is 24.9. The number of rotatable bonds is 6. The predicted octanol–water partition coefficient (Wildman–Crippen LogP) is 7.16. The number of carbonyl (C=O) groups is 1. The summed E-state index contributed by atoms with van der Waals surface area (Å²) in [5, 5.41) is 12.7. The molecular weight excluding hydrogens is 488 g/mol. The van der Waals surface area contributed by atoms with E-state index < -0.39 is 17.6 Å². The van der Waals surface area contributed by atoms with E-state index in [1.54, 1.807) is 24.3 Å². The number of anilines is 1. The number of halogens is 5. The summed E-state index contributed by atoms with van der Waals surface area (Å²) in [7, 11) is 1.46. The number of methoxy groups -OCH3 is 1. The van der Waals surface area contributed by atoms with Crippen molar-refractivity contribution in [1.82, 2.24) is 0 Å². The van der Waals surface area contributed by atoms with E-state index in [2.05, 4.69) is 5.32 Å². The van der Waals surface area contributed by atoms with Gasteiger partial charge in [-0.3, -0.25) is 4.79 Å². The number of nitriles is 1. The van der Waals surface area contributed by atoms with Gasteiger partial charge in [0.1, 0.15) is 17.4 Å². The second kappa shape index (κ2) is 10.6. The lowest BCUT2D eigenvalue weighted by molar-refractivity contribution is -0.137. The molecule has 0 bridgehead atoms. The van der Waals surface area contributed by atoms with Crippen LogP contribution in [0.25, 0.3) is 6.08 Å². The van der Waals surface area contributed by atoms with Gasteiger partial charge in [-0.1, -0.05) is 47.5 Å². The van der Waals surface area contributed by atoms with E-state index in [4.69, 9.17) is 27.9 Å². The minimum absolute atomic E-state index is 0.0910. The van der Waals surface area contributed by atoms with Crippen molar-refractivity contribution in [3.05, 3.63) is 98.5 Å². The molecule has 1 amide bonds. The van der Waals surface area contributed by atoms with Crippen molar-refractivity contribution < 1.29 is 22.7 Å². The summed E-state index contributed by atoms with van der Waals surface area (Å²) in [6.07, 6.45) is -2.89. The monoisotopic (exact) mass is 504 g/mol. The zero-order valence-corrected chi connectivity index (χ0v) is 19.2. The molecule has 0 unspecified atom stereocenters. The van der Waals surface area contributed by atoms with Crippen LogP contribution < -0.4 is 10.1 Å². The Morgan fingerprint density at radius 1 is 1.09 bits per heavy atom. The molecule has 0 aromatic heterocycles. The van der Waals surface area contributed by atoms with Gasteiger partial charge in [-0.05, 0) is 53.6 Å². The number of amides is 1. The summed E-state index contributed by atoms with van der Waals surface area (Å²) in [6.45, 7) is 0. The smallest absolute Gasteiger partial charge is 0.416 e. The number of hydrogen-bond acceptors (Lipinski definition) is 3. The minimum Gasteiger partial charge on any atom is -0.496 e. The van der Waals surface area contributed by atoms with Gasteiger partial charge in [-0.15, -0.1) is 0 Å². The molecule has 3 rings (SSSR count). The first-order chi connectivity index (χ1) is 16.1. The lowest BCUT2D eigenvalue weighted by Gasteiger charge is -2.13. The molecule has 0 aliphatic carbocycles. The standard InChI is InChI=1S/C25H17Cl2F3N2O2/c1-34-23-11-15(10-22(27)20(23)12-16-5-2-3-8-21(16)26)9-17(14-31)24(33)32-19-7-4-6-18(13-19)25(28,29)30/h2-11,13H,12H2,1H3,(H,32,33)/b17-9+. The van der Waals surface area contributed by atoms with Crippen LogP contribution in [-0.4, -0.2) is 13.0 Å². The van der Waals surface area contributed by atoms with Crippen LogP contribution in [-0.2, 0) is 17.4 Å². The highest BCUT2D eigenvalue weighted by Crippen LogP contribution is 2.33. The molecule has 1 N–H and O–H groups in total. The first-order valence-corrected chi connectivity index (χ1v) is 10.6. The predicted molar refractivity (Wildman–Crippen MR) is 126 cm³/mol. The molecule has 3 aromatic carbocycles. The van der Waals surface area contributed by atoms with Crippen molar-refractivity contribution in [2.45, 2.75) is 12.6 Å². The molecule has 0 saturated carbocycles. The normalized spacial score (nSPS) is 11.6. The average Bonchev–Trinajstić information content (AvgIpc) is 2.79. The van der Waals surface area contributed by atoms with Gasteiger partial charge in [-0.25, -0.2) is 0 Å². The fraction of sp³-hybridized carbons (Fsp3) is 0.120. The fourth-order valence-corrected chi connectivity index (χ4v) is 3.68. The van der Waals surface area contributed by atoms with E-state index in [0.29, 0.717) is 33.3 Å². The van der Waals surface area contributed by atoms with Gasteiger partial charge in [0.2, 0.25) is 0 Å². The molecule has 0 radical (unpaired) electrons. The summed E-state index contributed by atoms with van der Waals surface area (Å²) in [4.78, 5) is 12.5. The van der Waals surface area contributed by atoms with Crippen molar-refractivity contribution in [2.75, 3.05) is 12.4 Å². The van der Waals surface area contributed by atoms with Gasteiger partial charge < -0.3 is 10.1 Å². The number of ether oxygens (including phenoxy) is 1. The van der Waals surface area contributed by atoms with Crippen LogP contribution in [0, 0.1) is 11.3 Å². The van der Waals surface area contributed by atoms with E-state index in [0.717, 1.165) is 23.8 Å². The minimum atomic E-state index is -4.56. The Morgan fingerprint density at radius 2 is 1.82 bits per heavy atom. The molecule has 3 aromatic rings. The topological polar surface area (TPSA) is 62.1 Å². The third-order valence-corrected chi connectivity index (χ3v) is 5.55. The average molecular weight is 505 g/mol. The van der Waals surface area contributed by atoms with Crippen LogP contribution in [0.1, 0.15) is 22.3 Å². The van der Waals surface area contributed by atoms with E-state index in [1.165, 1.54) is 19.3 Å². The first kappa shape index (κ1) is 25.2. The van der Waals surface area contributed by atoms with Crippen LogP contribution in [0.5, 0.6) is 5.75 Å².